The van der Waals surface area contributed by atoms with Gasteiger partial charge in [0.05, 0.1) is 19.9 Å². The molecule has 35 heavy (non-hydrogen) atoms. The number of nitrogens with zero attached hydrogens (tertiary/aromatic N) is 2. The van der Waals surface area contributed by atoms with Gasteiger partial charge < -0.3 is 9.47 Å². The Labute approximate surface area is 206 Å². The molecule has 6 heteroatoms. The van der Waals surface area contributed by atoms with E-state index in [0.29, 0.717) is 22.9 Å². The predicted octanol–water partition coefficient (Wildman–Crippen LogP) is 5.17. The second-order valence-corrected chi connectivity index (χ2v) is 8.70. The Hall–Kier alpha value is -4.06. The van der Waals surface area contributed by atoms with Gasteiger partial charge in [0.1, 0.15) is 24.1 Å². The molecule has 2 amide bonds. The molecule has 4 rings (SSSR count). The number of rotatable bonds is 6. The average Bonchev–Trinajstić information content (AvgIpc) is 2.86. The van der Waals surface area contributed by atoms with Crippen LogP contribution in [0.1, 0.15) is 23.6 Å². The highest BCUT2D eigenvalue weighted by Crippen LogP contribution is 2.37. The summed E-state index contributed by atoms with van der Waals surface area (Å²) < 4.78 is 10.9. The lowest BCUT2D eigenvalue weighted by Crippen LogP contribution is -2.61. The van der Waals surface area contributed by atoms with Crippen LogP contribution >= 0.6 is 0 Å². The molecule has 3 aromatic rings. The normalized spacial score (nSPS) is 16.5. The average molecular weight is 471 g/mol. The van der Waals surface area contributed by atoms with Crippen LogP contribution in [0, 0.1) is 13.8 Å². The summed E-state index contributed by atoms with van der Waals surface area (Å²) in [7, 11) is 3.10. The smallest absolute Gasteiger partial charge is 0.255 e. The minimum absolute atomic E-state index is 0.107. The Balaban J connectivity index is 1.85. The fourth-order valence-corrected chi connectivity index (χ4v) is 4.36. The van der Waals surface area contributed by atoms with Gasteiger partial charge in [-0.25, -0.2) is 0 Å². The molecule has 6 nitrogen and oxygen atoms in total. The Morgan fingerprint density at radius 1 is 0.914 bits per heavy atom. The monoisotopic (exact) mass is 470 g/mol. The summed E-state index contributed by atoms with van der Waals surface area (Å²) >= 11 is 0. The van der Waals surface area contributed by atoms with Gasteiger partial charge >= 0.3 is 0 Å². The minimum Gasteiger partial charge on any atom is -0.497 e. The van der Waals surface area contributed by atoms with Gasteiger partial charge in [-0.05, 0) is 67.3 Å². The summed E-state index contributed by atoms with van der Waals surface area (Å²) in [6, 6.07) is 20.0. The van der Waals surface area contributed by atoms with Crippen molar-refractivity contribution in [1.82, 2.24) is 0 Å². The van der Waals surface area contributed by atoms with Gasteiger partial charge in [-0.15, -0.1) is 0 Å². The summed E-state index contributed by atoms with van der Waals surface area (Å²) in [5, 5.41) is 0. The zero-order valence-electron chi connectivity index (χ0n) is 20.7. The van der Waals surface area contributed by atoms with Crippen molar-refractivity contribution >= 4 is 29.3 Å². The van der Waals surface area contributed by atoms with E-state index in [2.05, 4.69) is 0 Å². The number of hydrogen-bond donors (Lipinski definition) is 0. The summed E-state index contributed by atoms with van der Waals surface area (Å²) in [5.41, 5.74) is 5.11. The quantitative estimate of drug-likeness (QED) is 0.499. The van der Waals surface area contributed by atoms with Gasteiger partial charge in [-0.2, -0.15) is 0 Å². The number of piperazine rings is 1. The number of amides is 2. The lowest BCUT2D eigenvalue weighted by Gasteiger charge is -2.41. The molecule has 1 heterocycles. The molecule has 0 unspecified atom stereocenters. The highest BCUT2D eigenvalue weighted by molar-refractivity contribution is 6.16. The van der Waals surface area contributed by atoms with E-state index in [0.717, 1.165) is 22.3 Å². The Kier molecular flexibility index (Phi) is 6.92. The Morgan fingerprint density at radius 2 is 1.66 bits per heavy atom. The number of methoxy groups -OCH3 is 2. The Bertz CT molecular complexity index is 1280. The predicted molar refractivity (Wildman–Crippen MR) is 139 cm³/mol. The molecule has 0 spiro atoms. The van der Waals surface area contributed by atoms with Crippen molar-refractivity contribution in [3.63, 3.8) is 0 Å². The van der Waals surface area contributed by atoms with E-state index in [1.54, 1.807) is 37.3 Å². The van der Waals surface area contributed by atoms with E-state index in [-0.39, 0.29) is 18.4 Å². The van der Waals surface area contributed by atoms with Crippen molar-refractivity contribution in [2.24, 2.45) is 0 Å². The molecule has 0 aliphatic carbocycles. The van der Waals surface area contributed by atoms with Crippen LogP contribution in [-0.4, -0.2) is 38.6 Å². The van der Waals surface area contributed by atoms with Gasteiger partial charge in [0, 0.05) is 11.8 Å². The van der Waals surface area contributed by atoms with Crippen LogP contribution in [0.2, 0.25) is 0 Å². The van der Waals surface area contributed by atoms with Gasteiger partial charge in [-0.3, -0.25) is 19.4 Å². The van der Waals surface area contributed by atoms with Crippen molar-refractivity contribution in [2.45, 2.75) is 26.8 Å². The fourth-order valence-electron chi connectivity index (χ4n) is 4.36. The molecule has 3 aromatic carbocycles. The number of carbonyl (C=O) groups is 2. The third kappa shape index (κ3) is 4.78. The standard InChI is InChI=1S/C29H30N2O4/c1-19-11-12-23(16-20(19)2)31-27(32)18-30(25-17-24(34-4)13-14-26(25)35-5)29(33)28(31)21(3)15-22-9-7-6-8-10-22/h6-17,28H,18H2,1-5H3/b21-15-/t28-/m1/s1. The maximum atomic E-state index is 14.1. The third-order valence-electron chi connectivity index (χ3n) is 6.39. The highest BCUT2D eigenvalue weighted by Gasteiger charge is 2.42. The lowest BCUT2D eigenvalue weighted by molar-refractivity contribution is -0.127. The maximum Gasteiger partial charge on any atom is 0.255 e. The van der Waals surface area contributed by atoms with Gasteiger partial charge in [-0.1, -0.05) is 42.5 Å². The van der Waals surface area contributed by atoms with Crippen LogP contribution in [-0.2, 0) is 9.59 Å². The summed E-state index contributed by atoms with van der Waals surface area (Å²) in [6.45, 7) is 5.81. The molecule has 180 valence electrons. The van der Waals surface area contributed by atoms with E-state index in [4.69, 9.17) is 9.47 Å². The van der Waals surface area contributed by atoms with Crippen molar-refractivity contribution in [3.05, 3.63) is 89.0 Å². The Morgan fingerprint density at radius 3 is 2.31 bits per heavy atom. The largest absolute Gasteiger partial charge is 0.497 e. The second kappa shape index (κ2) is 10.1. The molecular weight excluding hydrogens is 440 g/mol. The van der Waals surface area contributed by atoms with E-state index < -0.39 is 6.04 Å². The lowest BCUT2D eigenvalue weighted by atomic mass is 9.97. The summed E-state index contributed by atoms with van der Waals surface area (Å²) in [6.07, 6.45) is 1.95. The zero-order valence-corrected chi connectivity index (χ0v) is 20.7. The SMILES string of the molecule is COc1ccc(OC)c(N2CC(=O)N(c3ccc(C)c(C)c3)[C@H](/C(C)=C\c3ccccc3)C2=O)c1. The molecule has 1 atom stereocenters. The molecule has 1 aliphatic rings. The van der Waals surface area contributed by atoms with Crippen molar-refractivity contribution < 1.29 is 19.1 Å². The van der Waals surface area contributed by atoms with Crippen LogP contribution in [0.15, 0.2) is 72.3 Å². The number of benzene rings is 3. The molecule has 0 N–H and O–H groups in total. The number of carbonyl (C=O) groups excluding carboxylic acids is 2. The number of hydrogen-bond acceptors (Lipinski definition) is 4. The molecule has 0 radical (unpaired) electrons. The molecule has 1 fully saturated rings. The fraction of sp³-hybridized carbons (Fsp3) is 0.241. The first-order valence-electron chi connectivity index (χ1n) is 11.5. The molecular formula is C29H30N2O4. The number of ether oxygens (including phenoxy) is 2. The summed E-state index contributed by atoms with van der Waals surface area (Å²) in [4.78, 5) is 30.9. The van der Waals surface area contributed by atoms with E-state index in [1.165, 1.54) is 4.90 Å². The van der Waals surface area contributed by atoms with Crippen molar-refractivity contribution in [1.29, 1.82) is 0 Å². The maximum absolute atomic E-state index is 14.1. The van der Waals surface area contributed by atoms with E-state index in [1.807, 2.05) is 75.4 Å². The highest BCUT2D eigenvalue weighted by atomic mass is 16.5. The molecule has 0 aromatic heterocycles. The van der Waals surface area contributed by atoms with Crippen molar-refractivity contribution in [2.75, 3.05) is 30.6 Å². The molecule has 0 bridgehead atoms. The first-order valence-corrected chi connectivity index (χ1v) is 11.5. The topological polar surface area (TPSA) is 59.1 Å². The van der Waals surface area contributed by atoms with Crippen LogP contribution in [0.25, 0.3) is 6.08 Å². The zero-order chi connectivity index (χ0) is 25.1. The van der Waals surface area contributed by atoms with Crippen molar-refractivity contribution in [3.8, 4) is 11.5 Å². The van der Waals surface area contributed by atoms with Crippen LogP contribution in [0.4, 0.5) is 11.4 Å². The van der Waals surface area contributed by atoms with Crippen LogP contribution < -0.4 is 19.3 Å². The van der Waals surface area contributed by atoms with Gasteiger partial charge in [0.15, 0.2) is 0 Å². The molecule has 1 saturated heterocycles. The van der Waals surface area contributed by atoms with Gasteiger partial charge in [0.25, 0.3) is 5.91 Å². The van der Waals surface area contributed by atoms with Gasteiger partial charge in [0.2, 0.25) is 5.91 Å². The first kappa shape index (κ1) is 24.1. The third-order valence-corrected chi connectivity index (χ3v) is 6.39. The molecule has 1 aliphatic heterocycles. The second-order valence-electron chi connectivity index (χ2n) is 8.70. The van der Waals surface area contributed by atoms with Crippen LogP contribution in [0.5, 0.6) is 11.5 Å². The van der Waals surface area contributed by atoms with E-state index >= 15 is 0 Å². The van der Waals surface area contributed by atoms with Crippen LogP contribution in [0.3, 0.4) is 0 Å². The number of aryl methyl sites for hydroxylation is 2. The summed E-state index contributed by atoms with van der Waals surface area (Å²) in [5.74, 6) is 0.684. The molecule has 0 saturated carbocycles. The number of anilines is 2. The van der Waals surface area contributed by atoms with E-state index in [9.17, 15) is 9.59 Å². The first-order chi connectivity index (χ1) is 16.8. The minimum atomic E-state index is -0.811.